The van der Waals surface area contributed by atoms with Crippen LogP contribution in [0.15, 0.2) is 24.3 Å². The van der Waals surface area contributed by atoms with Gasteiger partial charge in [-0.3, -0.25) is 9.59 Å². The van der Waals surface area contributed by atoms with Crippen molar-refractivity contribution in [3.63, 3.8) is 0 Å². The zero-order valence-corrected chi connectivity index (χ0v) is 12.0. The maximum atomic E-state index is 12.1. The highest BCUT2D eigenvalue weighted by Crippen LogP contribution is 2.19. The van der Waals surface area contributed by atoms with E-state index in [1.165, 1.54) is 6.92 Å². The van der Waals surface area contributed by atoms with Crippen LogP contribution in [0.2, 0.25) is 0 Å². The molecule has 0 saturated carbocycles. The van der Waals surface area contributed by atoms with Gasteiger partial charge in [0.05, 0.1) is 0 Å². The summed E-state index contributed by atoms with van der Waals surface area (Å²) in [5, 5.41) is 5.63. The lowest BCUT2D eigenvalue weighted by Gasteiger charge is -2.28. The molecule has 1 aromatic carbocycles. The first-order valence-corrected chi connectivity index (χ1v) is 6.91. The second-order valence-corrected chi connectivity index (χ2v) is 5.33. The summed E-state index contributed by atoms with van der Waals surface area (Å²) in [6, 6.07) is 7.17. The fourth-order valence-corrected chi connectivity index (χ4v) is 2.36. The molecule has 5 heteroatoms. The molecule has 2 amide bonds. The van der Waals surface area contributed by atoms with Gasteiger partial charge in [0.2, 0.25) is 11.8 Å². The number of rotatable bonds is 3. The number of hydrogen-bond donors (Lipinski definition) is 2. The number of hydrogen-bond acceptors (Lipinski definition) is 3. The minimum atomic E-state index is -0.104. The lowest BCUT2D eigenvalue weighted by Crippen LogP contribution is -2.35. The maximum Gasteiger partial charge on any atom is 0.227 e. The zero-order valence-electron chi connectivity index (χ0n) is 12.0. The van der Waals surface area contributed by atoms with Crippen molar-refractivity contribution in [3.8, 4) is 0 Å². The summed E-state index contributed by atoms with van der Waals surface area (Å²) >= 11 is 0. The van der Waals surface area contributed by atoms with Crippen LogP contribution in [0, 0.1) is 5.92 Å². The molecule has 2 rings (SSSR count). The molecule has 2 N–H and O–H groups in total. The highest BCUT2D eigenvalue weighted by molar-refractivity contribution is 5.93. The van der Waals surface area contributed by atoms with Crippen LogP contribution < -0.4 is 10.6 Å². The predicted molar refractivity (Wildman–Crippen MR) is 79.6 cm³/mol. The summed E-state index contributed by atoms with van der Waals surface area (Å²) < 4.78 is 0. The van der Waals surface area contributed by atoms with Gasteiger partial charge in [0.1, 0.15) is 0 Å². The number of nitrogens with one attached hydrogen (secondary N) is 2. The van der Waals surface area contributed by atoms with Gasteiger partial charge in [-0.1, -0.05) is 0 Å². The van der Waals surface area contributed by atoms with E-state index in [0.717, 1.165) is 37.3 Å². The average Bonchev–Trinajstić information content (AvgIpc) is 2.41. The number of carbonyl (C=O) groups excluding carboxylic acids is 2. The number of anilines is 2. The molecule has 1 fully saturated rings. The van der Waals surface area contributed by atoms with Gasteiger partial charge in [-0.2, -0.15) is 0 Å². The molecule has 108 valence electrons. The Hall–Kier alpha value is -1.88. The standard InChI is InChI=1S/C15H21N3O2/c1-11(19)16-13-3-5-14(6-4-13)17-15(20)12-7-9-18(2)10-8-12/h3-6,12H,7-10H2,1-2H3,(H,16,19)(H,17,20). The van der Waals surface area contributed by atoms with Gasteiger partial charge in [-0.15, -0.1) is 0 Å². The van der Waals surface area contributed by atoms with Gasteiger partial charge in [-0.25, -0.2) is 0 Å². The Balaban J connectivity index is 1.89. The van der Waals surface area contributed by atoms with Crippen LogP contribution >= 0.6 is 0 Å². The third kappa shape index (κ3) is 4.06. The molecular weight excluding hydrogens is 254 g/mol. The molecule has 1 aromatic rings. The first-order valence-electron chi connectivity index (χ1n) is 6.91. The Morgan fingerprint density at radius 2 is 1.55 bits per heavy atom. The van der Waals surface area contributed by atoms with Crippen molar-refractivity contribution in [1.29, 1.82) is 0 Å². The number of likely N-dealkylation sites (tertiary alicyclic amines) is 1. The Morgan fingerprint density at radius 3 is 2.05 bits per heavy atom. The first kappa shape index (κ1) is 14.5. The average molecular weight is 275 g/mol. The quantitative estimate of drug-likeness (QED) is 0.886. The predicted octanol–water partition coefficient (Wildman–Crippen LogP) is 1.93. The van der Waals surface area contributed by atoms with E-state index in [0.29, 0.717) is 0 Å². The lowest BCUT2D eigenvalue weighted by molar-refractivity contribution is -0.121. The molecule has 0 radical (unpaired) electrons. The smallest absolute Gasteiger partial charge is 0.227 e. The summed E-state index contributed by atoms with van der Waals surface area (Å²) in [4.78, 5) is 25.3. The molecule has 1 heterocycles. The van der Waals surface area contributed by atoms with Gasteiger partial charge in [-0.05, 0) is 57.2 Å². The Kier molecular flexibility index (Phi) is 4.74. The lowest BCUT2D eigenvalue weighted by atomic mass is 9.96. The van der Waals surface area contributed by atoms with Gasteiger partial charge >= 0.3 is 0 Å². The molecule has 5 nitrogen and oxygen atoms in total. The topological polar surface area (TPSA) is 61.4 Å². The molecule has 0 aliphatic carbocycles. The van der Waals surface area contributed by atoms with E-state index < -0.39 is 0 Å². The Labute approximate surface area is 119 Å². The van der Waals surface area contributed by atoms with Crippen molar-refractivity contribution < 1.29 is 9.59 Å². The molecule has 0 aromatic heterocycles. The van der Waals surface area contributed by atoms with Crippen LogP contribution in [0.1, 0.15) is 19.8 Å². The minimum Gasteiger partial charge on any atom is -0.326 e. The maximum absolute atomic E-state index is 12.1. The summed E-state index contributed by atoms with van der Waals surface area (Å²) in [6.07, 6.45) is 1.82. The van der Waals surface area contributed by atoms with Crippen LogP contribution in [0.4, 0.5) is 11.4 Å². The van der Waals surface area contributed by atoms with E-state index >= 15 is 0 Å². The number of piperidine rings is 1. The summed E-state index contributed by atoms with van der Waals surface area (Å²) in [5.41, 5.74) is 1.50. The van der Waals surface area contributed by atoms with Crippen LogP contribution in [0.3, 0.4) is 0 Å². The second-order valence-electron chi connectivity index (χ2n) is 5.33. The Bertz CT molecular complexity index is 476. The number of nitrogens with zero attached hydrogens (tertiary/aromatic N) is 1. The van der Waals surface area contributed by atoms with E-state index in [2.05, 4.69) is 22.6 Å². The highest BCUT2D eigenvalue weighted by Gasteiger charge is 2.23. The molecule has 1 saturated heterocycles. The number of carbonyl (C=O) groups is 2. The molecule has 1 aliphatic rings. The summed E-state index contributed by atoms with van der Waals surface area (Å²) in [5.74, 6) is 0.0831. The van der Waals surface area contributed by atoms with Crippen molar-refractivity contribution >= 4 is 23.2 Å². The van der Waals surface area contributed by atoms with E-state index in [1.807, 2.05) is 0 Å². The zero-order chi connectivity index (χ0) is 14.5. The largest absolute Gasteiger partial charge is 0.326 e. The monoisotopic (exact) mass is 275 g/mol. The fraction of sp³-hybridized carbons (Fsp3) is 0.467. The van der Waals surface area contributed by atoms with E-state index in [-0.39, 0.29) is 17.7 Å². The van der Waals surface area contributed by atoms with E-state index in [9.17, 15) is 9.59 Å². The van der Waals surface area contributed by atoms with E-state index in [4.69, 9.17) is 0 Å². The molecule has 20 heavy (non-hydrogen) atoms. The van der Waals surface area contributed by atoms with Gasteiger partial charge in [0, 0.05) is 24.2 Å². The molecule has 0 atom stereocenters. The summed E-state index contributed by atoms with van der Waals surface area (Å²) in [7, 11) is 2.08. The molecule has 0 spiro atoms. The molecular formula is C15H21N3O2. The molecule has 1 aliphatic heterocycles. The normalized spacial score (nSPS) is 16.7. The van der Waals surface area contributed by atoms with Gasteiger partial charge in [0.15, 0.2) is 0 Å². The van der Waals surface area contributed by atoms with Crippen molar-refractivity contribution in [2.75, 3.05) is 30.8 Å². The third-order valence-electron chi connectivity index (χ3n) is 3.56. The highest BCUT2D eigenvalue weighted by atomic mass is 16.2. The van der Waals surface area contributed by atoms with Gasteiger partial charge in [0.25, 0.3) is 0 Å². The van der Waals surface area contributed by atoms with Crippen molar-refractivity contribution in [2.24, 2.45) is 5.92 Å². The summed E-state index contributed by atoms with van der Waals surface area (Å²) in [6.45, 7) is 3.41. The van der Waals surface area contributed by atoms with Crippen LogP contribution in [0.25, 0.3) is 0 Å². The molecule has 0 bridgehead atoms. The Morgan fingerprint density at radius 1 is 1.05 bits per heavy atom. The third-order valence-corrected chi connectivity index (χ3v) is 3.56. The molecule has 0 unspecified atom stereocenters. The fourth-order valence-electron chi connectivity index (χ4n) is 2.36. The minimum absolute atomic E-state index is 0.0883. The van der Waals surface area contributed by atoms with Crippen molar-refractivity contribution in [3.05, 3.63) is 24.3 Å². The van der Waals surface area contributed by atoms with Crippen LogP contribution in [-0.2, 0) is 9.59 Å². The van der Waals surface area contributed by atoms with Gasteiger partial charge < -0.3 is 15.5 Å². The van der Waals surface area contributed by atoms with Crippen LogP contribution in [-0.4, -0.2) is 36.9 Å². The van der Waals surface area contributed by atoms with Crippen LogP contribution in [0.5, 0.6) is 0 Å². The van der Waals surface area contributed by atoms with Crippen molar-refractivity contribution in [2.45, 2.75) is 19.8 Å². The number of amides is 2. The SMILES string of the molecule is CC(=O)Nc1ccc(NC(=O)C2CCN(C)CC2)cc1. The first-order chi connectivity index (χ1) is 9.54. The van der Waals surface area contributed by atoms with E-state index in [1.54, 1.807) is 24.3 Å². The van der Waals surface area contributed by atoms with Crippen molar-refractivity contribution in [1.82, 2.24) is 4.90 Å². The second kappa shape index (κ2) is 6.52. The number of benzene rings is 1.